The summed E-state index contributed by atoms with van der Waals surface area (Å²) < 4.78 is 0. The monoisotopic (exact) mass is 336 g/mol. The molecular formula is C20H32O4. The Bertz CT molecular complexity index is 572. The van der Waals surface area contributed by atoms with Gasteiger partial charge in [-0.05, 0) is 60.7 Å². The van der Waals surface area contributed by atoms with Gasteiger partial charge in [-0.15, -0.1) is 0 Å². The van der Waals surface area contributed by atoms with Gasteiger partial charge in [-0.3, -0.25) is 4.79 Å². The number of aliphatic hydroxyl groups is 3. The quantitative estimate of drug-likeness (QED) is 0.633. The summed E-state index contributed by atoms with van der Waals surface area (Å²) in [7, 11) is 0. The van der Waals surface area contributed by atoms with E-state index in [1.165, 1.54) is 0 Å². The third-order valence-corrected chi connectivity index (χ3v) is 9.06. The largest absolute Gasteiger partial charge is 0.393 e. The molecule has 0 unspecified atom stereocenters. The van der Waals surface area contributed by atoms with Gasteiger partial charge in [-0.2, -0.15) is 0 Å². The molecule has 1 spiro atoms. The van der Waals surface area contributed by atoms with Gasteiger partial charge in [-0.1, -0.05) is 27.7 Å². The summed E-state index contributed by atoms with van der Waals surface area (Å²) in [6.07, 6.45) is 2.05. The Morgan fingerprint density at radius 2 is 1.62 bits per heavy atom. The molecule has 0 heterocycles. The average Bonchev–Trinajstić information content (AvgIpc) is 2.64. The third kappa shape index (κ3) is 1.64. The van der Waals surface area contributed by atoms with E-state index < -0.39 is 17.6 Å². The molecule has 4 heteroatoms. The van der Waals surface area contributed by atoms with Crippen LogP contribution in [0.1, 0.15) is 59.8 Å². The van der Waals surface area contributed by atoms with Crippen LogP contribution in [0, 0.1) is 39.9 Å². The SMILES string of the molecule is C[C@H]1C(=O)[C@@]23[C@H](O)C[C@@H]4C(C)(C)[C@H](O)CC[C@@]4(C)[C@@H]2CC[C@@H]1[C@H]3O. The fourth-order valence-corrected chi connectivity index (χ4v) is 7.70. The van der Waals surface area contributed by atoms with Gasteiger partial charge in [0.2, 0.25) is 0 Å². The Balaban J connectivity index is 1.85. The summed E-state index contributed by atoms with van der Waals surface area (Å²) in [6.45, 7) is 8.40. The molecule has 0 saturated heterocycles. The molecule has 24 heavy (non-hydrogen) atoms. The minimum absolute atomic E-state index is 0.00532. The van der Waals surface area contributed by atoms with Crippen LogP contribution in [0.15, 0.2) is 0 Å². The summed E-state index contributed by atoms with van der Waals surface area (Å²) in [5.74, 6) is 0.146. The van der Waals surface area contributed by atoms with E-state index in [2.05, 4.69) is 20.8 Å². The Labute approximate surface area is 144 Å². The van der Waals surface area contributed by atoms with E-state index in [1.807, 2.05) is 6.92 Å². The second kappa shape index (κ2) is 4.83. The van der Waals surface area contributed by atoms with Crippen LogP contribution in [0.3, 0.4) is 0 Å². The van der Waals surface area contributed by atoms with Crippen molar-refractivity contribution in [3.05, 3.63) is 0 Å². The Kier molecular flexibility index (Phi) is 3.42. The Hall–Kier alpha value is -0.450. The van der Waals surface area contributed by atoms with Crippen molar-refractivity contribution in [3.63, 3.8) is 0 Å². The highest BCUT2D eigenvalue weighted by Crippen LogP contribution is 2.71. The molecule has 4 saturated carbocycles. The summed E-state index contributed by atoms with van der Waals surface area (Å²) in [5.41, 5.74) is -1.34. The maximum absolute atomic E-state index is 13.2. The minimum atomic E-state index is -0.966. The fourth-order valence-electron chi connectivity index (χ4n) is 7.70. The number of fused-ring (bicyclic) bond motifs is 3. The molecule has 0 radical (unpaired) electrons. The number of rotatable bonds is 0. The van der Waals surface area contributed by atoms with Crippen LogP contribution >= 0.6 is 0 Å². The third-order valence-electron chi connectivity index (χ3n) is 9.06. The number of ketones is 1. The van der Waals surface area contributed by atoms with Crippen molar-refractivity contribution in [1.82, 2.24) is 0 Å². The molecule has 2 bridgehead atoms. The van der Waals surface area contributed by atoms with Crippen molar-refractivity contribution in [3.8, 4) is 0 Å². The predicted molar refractivity (Wildman–Crippen MR) is 90.1 cm³/mol. The smallest absolute Gasteiger partial charge is 0.147 e. The van der Waals surface area contributed by atoms with E-state index in [-0.39, 0.29) is 46.4 Å². The first-order valence-corrected chi connectivity index (χ1v) is 9.68. The van der Waals surface area contributed by atoms with E-state index in [0.29, 0.717) is 6.42 Å². The normalized spacial score (nSPS) is 59.0. The van der Waals surface area contributed by atoms with E-state index >= 15 is 0 Å². The maximum Gasteiger partial charge on any atom is 0.147 e. The first-order valence-electron chi connectivity index (χ1n) is 9.68. The van der Waals surface area contributed by atoms with Gasteiger partial charge in [0.15, 0.2) is 0 Å². The highest BCUT2D eigenvalue weighted by Gasteiger charge is 2.74. The summed E-state index contributed by atoms with van der Waals surface area (Å²) in [6, 6.07) is 0. The molecule has 0 aromatic carbocycles. The maximum atomic E-state index is 13.2. The van der Waals surface area contributed by atoms with Crippen LogP contribution in [0.2, 0.25) is 0 Å². The van der Waals surface area contributed by atoms with Crippen LogP contribution in [0.25, 0.3) is 0 Å². The Morgan fingerprint density at radius 1 is 0.958 bits per heavy atom. The van der Waals surface area contributed by atoms with Gasteiger partial charge < -0.3 is 15.3 Å². The van der Waals surface area contributed by atoms with Crippen LogP contribution in [-0.2, 0) is 4.79 Å². The van der Waals surface area contributed by atoms with E-state index in [4.69, 9.17) is 0 Å². The lowest BCUT2D eigenvalue weighted by Crippen LogP contribution is -2.68. The van der Waals surface area contributed by atoms with Crippen molar-refractivity contribution in [1.29, 1.82) is 0 Å². The first-order chi connectivity index (χ1) is 11.1. The number of Topliss-reactive ketones (excluding diaryl/α,β-unsaturated/α-hetero) is 1. The zero-order chi connectivity index (χ0) is 17.7. The minimum Gasteiger partial charge on any atom is -0.393 e. The zero-order valence-corrected chi connectivity index (χ0v) is 15.3. The summed E-state index contributed by atoms with van der Waals surface area (Å²) >= 11 is 0. The lowest BCUT2D eigenvalue weighted by Gasteiger charge is -2.66. The van der Waals surface area contributed by atoms with Crippen molar-refractivity contribution in [2.45, 2.75) is 78.1 Å². The van der Waals surface area contributed by atoms with E-state index in [9.17, 15) is 20.1 Å². The van der Waals surface area contributed by atoms with Gasteiger partial charge in [0, 0.05) is 5.92 Å². The van der Waals surface area contributed by atoms with E-state index in [1.54, 1.807) is 0 Å². The van der Waals surface area contributed by atoms with Crippen LogP contribution in [0.5, 0.6) is 0 Å². The van der Waals surface area contributed by atoms with Crippen LogP contribution in [-0.4, -0.2) is 39.4 Å². The lowest BCUT2D eigenvalue weighted by atomic mass is 9.39. The zero-order valence-electron chi connectivity index (χ0n) is 15.3. The highest BCUT2D eigenvalue weighted by molar-refractivity contribution is 5.92. The number of hydrogen-bond donors (Lipinski definition) is 3. The standard InChI is InChI=1S/C20H32O4/c1-10-11-5-6-12-19(4)8-7-14(21)18(2,3)13(19)9-15(22)20(12,16(10)23)17(11)24/h10-15,17,21-22,24H,5-9H2,1-4H3/t10-,11+,12+,13-,14-,15-,17-,19+,20+/m1/s1. The molecule has 9 atom stereocenters. The Morgan fingerprint density at radius 3 is 2.29 bits per heavy atom. The van der Waals surface area contributed by atoms with Crippen LogP contribution < -0.4 is 0 Å². The molecule has 3 N–H and O–H groups in total. The molecule has 0 aromatic rings. The van der Waals surface area contributed by atoms with Crippen LogP contribution in [0.4, 0.5) is 0 Å². The van der Waals surface area contributed by atoms with Gasteiger partial charge in [0.05, 0.1) is 23.7 Å². The van der Waals surface area contributed by atoms with Gasteiger partial charge >= 0.3 is 0 Å². The summed E-state index contributed by atoms with van der Waals surface area (Å²) in [5, 5.41) is 32.8. The molecular weight excluding hydrogens is 304 g/mol. The van der Waals surface area contributed by atoms with Crippen molar-refractivity contribution < 1.29 is 20.1 Å². The second-order valence-electron chi connectivity index (χ2n) is 10.0. The molecule has 0 aliphatic heterocycles. The van der Waals surface area contributed by atoms with Crippen molar-refractivity contribution >= 4 is 5.78 Å². The average molecular weight is 336 g/mol. The second-order valence-corrected chi connectivity index (χ2v) is 10.0. The van der Waals surface area contributed by atoms with Gasteiger partial charge in [-0.25, -0.2) is 0 Å². The molecule has 4 fully saturated rings. The van der Waals surface area contributed by atoms with Gasteiger partial charge in [0.25, 0.3) is 0 Å². The molecule has 4 aliphatic carbocycles. The number of hydrogen-bond acceptors (Lipinski definition) is 4. The van der Waals surface area contributed by atoms with Crippen molar-refractivity contribution in [2.75, 3.05) is 0 Å². The summed E-state index contributed by atoms with van der Waals surface area (Å²) in [4.78, 5) is 13.2. The highest BCUT2D eigenvalue weighted by atomic mass is 16.3. The molecule has 4 aliphatic rings. The van der Waals surface area contributed by atoms with Gasteiger partial charge in [0.1, 0.15) is 5.78 Å². The van der Waals surface area contributed by atoms with Crippen molar-refractivity contribution in [2.24, 2.45) is 39.9 Å². The fraction of sp³-hybridized carbons (Fsp3) is 0.950. The topological polar surface area (TPSA) is 77.8 Å². The molecule has 4 nitrogen and oxygen atoms in total. The first kappa shape index (κ1) is 17.0. The molecule has 4 rings (SSSR count). The lowest BCUT2D eigenvalue weighted by molar-refractivity contribution is -0.239. The van der Waals surface area contributed by atoms with E-state index in [0.717, 1.165) is 25.7 Å². The number of carbonyl (C=O) groups is 1. The molecule has 136 valence electrons. The number of carbonyl (C=O) groups excluding carboxylic acids is 1. The molecule has 0 amide bonds. The molecule has 0 aromatic heterocycles. The predicted octanol–water partition coefficient (Wildman–Crippen LogP) is 2.15. The number of aliphatic hydroxyl groups excluding tert-OH is 3.